The van der Waals surface area contributed by atoms with Gasteiger partial charge in [0.25, 0.3) is 0 Å². The number of carbonyl (C=O) groups is 1. The highest BCUT2D eigenvalue weighted by Gasteiger charge is 2.41. The fourth-order valence-corrected chi connectivity index (χ4v) is 4.38. The lowest BCUT2D eigenvalue weighted by molar-refractivity contribution is -0.129. The molecule has 0 aromatic carbocycles. The number of carbonyl (C=O) groups excluding carboxylic acids is 1. The molecular formula is C14H27ClN2O2S. The zero-order chi connectivity index (χ0) is 13.9. The third kappa shape index (κ3) is 4.26. The first kappa shape index (κ1) is 18.1. The Kier molecular flexibility index (Phi) is 6.64. The summed E-state index contributed by atoms with van der Waals surface area (Å²) in [5.41, 5.74) is 5.35. The van der Waals surface area contributed by atoms with E-state index in [1.165, 1.54) is 5.75 Å². The molecule has 3 atom stereocenters. The Morgan fingerprint density at radius 3 is 2.95 bits per heavy atom. The first-order valence-electron chi connectivity index (χ1n) is 7.29. The number of ether oxygens (including phenoxy) is 1. The van der Waals surface area contributed by atoms with Crippen LogP contribution in [0.2, 0.25) is 0 Å². The average Bonchev–Trinajstić information content (AvgIpc) is 2.77. The van der Waals surface area contributed by atoms with Crippen LogP contribution < -0.4 is 11.1 Å². The highest BCUT2D eigenvalue weighted by Crippen LogP contribution is 2.38. The summed E-state index contributed by atoms with van der Waals surface area (Å²) in [5.74, 6) is 2.22. The second kappa shape index (κ2) is 7.34. The summed E-state index contributed by atoms with van der Waals surface area (Å²) < 4.78 is 5.97. The van der Waals surface area contributed by atoms with Crippen LogP contribution in [0.4, 0.5) is 0 Å². The van der Waals surface area contributed by atoms with Gasteiger partial charge in [-0.25, -0.2) is 0 Å². The number of rotatable bonds is 4. The molecule has 0 aromatic rings. The number of amides is 1. The van der Waals surface area contributed by atoms with E-state index in [-0.39, 0.29) is 30.0 Å². The lowest BCUT2D eigenvalue weighted by Gasteiger charge is -2.39. The Labute approximate surface area is 132 Å². The molecule has 0 bridgehead atoms. The van der Waals surface area contributed by atoms with Crippen LogP contribution in [0.25, 0.3) is 0 Å². The van der Waals surface area contributed by atoms with Gasteiger partial charge in [-0.3, -0.25) is 4.79 Å². The van der Waals surface area contributed by atoms with Crippen molar-refractivity contribution < 1.29 is 9.53 Å². The fraction of sp³-hybridized carbons (Fsp3) is 0.929. The summed E-state index contributed by atoms with van der Waals surface area (Å²) in [6.45, 7) is 4.63. The third-order valence-corrected chi connectivity index (χ3v) is 5.41. The third-order valence-electron chi connectivity index (χ3n) is 4.18. The van der Waals surface area contributed by atoms with E-state index in [1.54, 1.807) is 0 Å². The summed E-state index contributed by atoms with van der Waals surface area (Å²) in [6, 6.07) is 0.222. The van der Waals surface area contributed by atoms with Crippen molar-refractivity contribution in [1.29, 1.82) is 0 Å². The number of nitrogens with two attached hydrogens (primary N) is 1. The van der Waals surface area contributed by atoms with Gasteiger partial charge in [0, 0.05) is 18.4 Å². The second-order valence-electron chi connectivity index (χ2n) is 6.16. The summed E-state index contributed by atoms with van der Waals surface area (Å²) in [7, 11) is 0. The van der Waals surface area contributed by atoms with Crippen LogP contribution >= 0.6 is 24.2 Å². The Bertz CT molecular complexity index is 333. The lowest BCUT2D eigenvalue weighted by atomic mass is 9.88. The van der Waals surface area contributed by atoms with Crippen LogP contribution in [0.1, 0.15) is 46.0 Å². The van der Waals surface area contributed by atoms with Crippen LogP contribution in [0.5, 0.6) is 0 Å². The normalized spacial score (nSPS) is 32.5. The summed E-state index contributed by atoms with van der Waals surface area (Å²) in [6.07, 6.45) is 4.60. The molecule has 3 N–H and O–H groups in total. The van der Waals surface area contributed by atoms with Gasteiger partial charge in [0.1, 0.15) is 0 Å². The zero-order valence-electron chi connectivity index (χ0n) is 12.4. The smallest absolute Gasteiger partial charge is 0.240 e. The monoisotopic (exact) mass is 322 g/mol. The molecule has 1 spiro atoms. The molecule has 2 aliphatic rings. The van der Waals surface area contributed by atoms with Crippen molar-refractivity contribution in [2.75, 3.05) is 18.1 Å². The molecule has 0 saturated carbocycles. The minimum atomic E-state index is -0.745. The number of hydrogen-bond donors (Lipinski definition) is 2. The van der Waals surface area contributed by atoms with Gasteiger partial charge in [-0.2, -0.15) is 11.8 Å². The Morgan fingerprint density at radius 2 is 2.35 bits per heavy atom. The first-order valence-corrected chi connectivity index (χ1v) is 8.44. The molecule has 4 nitrogen and oxygen atoms in total. The summed E-state index contributed by atoms with van der Waals surface area (Å²) >= 11 is 1.95. The van der Waals surface area contributed by atoms with E-state index in [4.69, 9.17) is 10.5 Å². The zero-order valence-corrected chi connectivity index (χ0v) is 14.1. The van der Waals surface area contributed by atoms with Crippen molar-refractivity contribution in [2.45, 2.75) is 63.1 Å². The molecule has 0 aliphatic carbocycles. The predicted octanol–water partition coefficient (Wildman–Crippen LogP) is 2.10. The highest BCUT2D eigenvalue weighted by atomic mass is 35.5. The molecule has 6 heteroatoms. The highest BCUT2D eigenvalue weighted by molar-refractivity contribution is 7.99. The van der Waals surface area contributed by atoms with Crippen molar-refractivity contribution in [1.82, 2.24) is 5.32 Å². The maximum atomic E-state index is 12.2. The molecule has 0 radical (unpaired) electrons. The van der Waals surface area contributed by atoms with E-state index in [0.29, 0.717) is 0 Å². The van der Waals surface area contributed by atoms with Crippen molar-refractivity contribution in [3.05, 3.63) is 0 Å². The van der Waals surface area contributed by atoms with Crippen molar-refractivity contribution in [3.63, 3.8) is 0 Å². The van der Waals surface area contributed by atoms with Crippen LogP contribution in [0, 0.1) is 0 Å². The molecule has 2 aliphatic heterocycles. The molecule has 3 unspecified atom stereocenters. The molecule has 1 amide bonds. The van der Waals surface area contributed by atoms with Crippen molar-refractivity contribution in [3.8, 4) is 0 Å². The van der Waals surface area contributed by atoms with Gasteiger partial charge in [0.15, 0.2) is 0 Å². The molecule has 2 fully saturated rings. The number of thioether (sulfide) groups is 1. The second-order valence-corrected chi connectivity index (χ2v) is 7.27. The van der Waals surface area contributed by atoms with Gasteiger partial charge in [-0.05, 0) is 38.4 Å². The predicted molar refractivity (Wildman–Crippen MR) is 86.5 cm³/mol. The molecular weight excluding hydrogens is 296 g/mol. The van der Waals surface area contributed by atoms with Gasteiger partial charge in [0.2, 0.25) is 5.91 Å². The van der Waals surface area contributed by atoms with Gasteiger partial charge in [-0.15, -0.1) is 12.4 Å². The molecule has 2 saturated heterocycles. The van der Waals surface area contributed by atoms with Crippen LogP contribution in [-0.2, 0) is 9.53 Å². The molecule has 2 rings (SSSR count). The van der Waals surface area contributed by atoms with E-state index in [1.807, 2.05) is 18.7 Å². The van der Waals surface area contributed by atoms with Crippen molar-refractivity contribution in [2.24, 2.45) is 5.73 Å². The molecule has 2 heterocycles. The maximum absolute atomic E-state index is 12.2. The lowest BCUT2D eigenvalue weighted by Crippen LogP contribution is -2.57. The first-order chi connectivity index (χ1) is 8.97. The van der Waals surface area contributed by atoms with Crippen LogP contribution in [0.15, 0.2) is 0 Å². The summed E-state index contributed by atoms with van der Waals surface area (Å²) in [4.78, 5) is 12.2. The van der Waals surface area contributed by atoms with Gasteiger partial charge >= 0.3 is 0 Å². The SMILES string of the molecule is CCCC(C)(N)C(=O)NC1CCOC2(CCSC2)C1.Cl. The van der Waals surface area contributed by atoms with E-state index in [2.05, 4.69) is 12.2 Å². The minimum Gasteiger partial charge on any atom is -0.374 e. The van der Waals surface area contributed by atoms with Crippen molar-refractivity contribution >= 4 is 30.1 Å². The summed E-state index contributed by atoms with van der Waals surface area (Å²) in [5, 5.41) is 3.14. The van der Waals surface area contributed by atoms with E-state index >= 15 is 0 Å². The largest absolute Gasteiger partial charge is 0.374 e. The molecule has 118 valence electrons. The quantitative estimate of drug-likeness (QED) is 0.832. The average molecular weight is 323 g/mol. The van der Waals surface area contributed by atoms with E-state index < -0.39 is 5.54 Å². The van der Waals surface area contributed by atoms with Gasteiger partial charge in [-0.1, -0.05) is 13.3 Å². The van der Waals surface area contributed by atoms with E-state index in [9.17, 15) is 4.79 Å². The van der Waals surface area contributed by atoms with E-state index in [0.717, 1.165) is 44.5 Å². The standard InChI is InChI=1S/C14H26N2O2S.ClH/c1-3-5-13(2,15)12(17)16-11-4-7-18-14(9-11)6-8-19-10-14;/h11H,3-10,15H2,1-2H3,(H,16,17);1H. The molecule has 0 aromatic heterocycles. The number of nitrogens with one attached hydrogen (secondary N) is 1. The van der Waals surface area contributed by atoms with Gasteiger partial charge < -0.3 is 15.8 Å². The molecule has 20 heavy (non-hydrogen) atoms. The topological polar surface area (TPSA) is 64.4 Å². The number of hydrogen-bond acceptors (Lipinski definition) is 4. The van der Waals surface area contributed by atoms with Crippen LogP contribution in [-0.4, -0.2) is 41.2 Å². The van der Waals surface area contributed by atoms with Crippen LogP contribution in [0.3, 0.4) is 0 Å². The Hall–Kier alpha value is 0.0300. The Morgan fingerprint density at radius 1 is 1.60 bits per heavy atom. The van der Waals surface area contributed by atoms with Gasteiger partial charge in [0.05, 0.1) is 11.1 Å². The Balaban J connectivity index is 0.00000200. The number of halogens is 1. The fourth-order valence-electron chi connectivity index (χ4n) is 3.00. The maximum Gasteiger partial charge on any atom is 0.240 e. The minimum absolute atomic E-state index is 0.